The molecule has 1 N–H and O–H groups in total. The Morgan fingerprint density at radius 1 is 1.53 bits per heavy atom. The van der Waals surface area contributed by atoms with E-state index in [0.717, 1.165) is 10.7 Å². The highest BCUT2D eigenvalue weighted by atomic mass is 79.9. The maximum atomic E-state index is 13.6. The monoisotopic (exact) mass is 315 g/mol. The number of benzene rings is 1. The normalized spacial score (nSPS) is 12.7. The van der Waals surface area contributed by atoms with E-state index in [4.69, 9.17) is 0 Å². The van der Waals surface area contributed by atoms with Gasteiger partial charge in [-0.3, -0.25) is 0 Å². The summed E-state index contributed by atoms with van der Waals surface area (Å²) in [4.78, 5) is 4.26. The van der Waals surface area contributed by atoms with E-state index < -0.39 is 11.9 Å². The van der Waals surface area contributed by atoms with Crippen molar-refractivity contribution in [3.05, 3.63) is 50.1 Å². The van der Waals surface area contributed by atoms with E-state index in [1.54, 1.807) is 12.1 Å². The predicted octanol–water partition coefficient (Wildman–Crippen LogP) is 3.63. The Kier molecular flexibility index (Phi) is 3.91. The van der Waals surface area contributed by atoms with E-state index in [9.17, 15) is 9.50 Å². The first-order valence-corrected chi connectivity index (χ1v) is 6.78. The minimum Gasteiger partial charge on any atom is -0.388 e. The van der Waals surface area contributed by atoms with Gasteiger partial charge in [-0.2, -0.15) is 0 Å². The summed E-state index contributed by atoms with van der Waals surface area (Å²) >= 11 is 4.77. The van der Waals surface area contributed by atoms with Gasteiger partial charge in [0.2, 0.25) is 0 Å². The lowest BCUT2D eigenvalue weighted by Crippen LogP contribution is -2.05. The number of aliphatic hydroxyl groups excluding tert-OH is 1. The molecule has 0 aliphatic rings. The van der Waals surface area contributed by atoms with Crippen molar-refractivity contribution in [1.29, 1.82) is 0 Å². The lowest BCUT2D eigenvalue weighted by Gasteiger charge is -2.12. The topological polar surface area (TPSA) is 33.1 Å². The van der Waals surface area contributed by atoms with Gasteiger partial charge in [-0.25, -0.2) is 9.37 Å². The number of aryl methyl sites for hydroxylation is 1. The van der Waals surface area contributed by atoms with E-state index in [0.29, 0.717) is 10.9 Å². The average molecular weight is 316 g/mol. The molecule has 5 heteroatoms. The van der Waals surface area contributed by atoms with E-state index in [1.165, 1.54) is 17.4 Å². The summed E-state index contributed by atoms with van der Waals surface area (Å²) in [6.45, 7) is 1.90. The third-order valence-electron chi connectivity index (χ3n) is 2.40. The molecule has 1 atom stereocenters. The van der Waals surface area contributed by atoms with Crippen molar-refractivity contribution < 1.29 is 9.50 Å². The highest BCUT2D eigenvalue weighted by molar-refractivity contribution is 9.10. The molecule has 0 fully saturated rings. The van der Waals surface area contributed by atoms with Crippen molar-refractivity contribution in [2.45, 2.75) is 19.4 Å². The van der Waals surface area contributed by atoms with Gasteiger partial charge >= 0.3 is 0 Å². The molecule has 1 unspecified atom stereocenters. The number of thiazole rings is 1. The molecule has 17 heavy (non-hydrogen) atoms. The zero-order valence-electron chi connectivity index (χ0n) is 9.15. The largest absolute Gasteiger partial charge is 0.388 e. The molecule has 0 saturated heterocycles. The van der Waals surface area contributed by atoms with Crippen LogP contribution in [0.1, 0.15) is 22.4 Å². The molecular weight excluding hydrogens is 305 g/mol. The van der Waals surface area contributed by atoms with Crippen LogP contribution in [-0.4, -0.2) is 10.1 Å². The predicted molar refractivity (Wildman–Crippen MR) is 69.6 cm³/mol. The highest BCUT2D eigenvalue weighted by Gasteiger charge is 2.17. The number of aromatic nitrogens is 1. The van der Waals surface area contributed by atoms with Crippen molar-refractivity contribution in [3.8, 4) is 0 Å². The fourth-order valence-electron chi connectivity index (χ4n) is 1.63. The minimum atomic E-state index is -0.882. The average Bonchev–Trinajstić information content (AvgIpc) is 2.63. The Morgan fingerprint density at radius 3 is 2.88 bits per heavy atom. The molecule has 0 amide bonds. The van der Waals surface area contributed by atoms with Crippen LogP contribution in [0.25, 0.3) is 0 Å². The Morgan fingerprint density at radius 2 is 2.29 bits per heavy atom. The van der Waals surface area contributed by atoms with Crippen molar-refractivity contribution in [3.63, 3.8) is 0 Å². The number of aliphatic hydroxyl groups is 1. The molecule has 1 aromatic heterocycles. The molecule has 0 radical (unpaired) electrons. The summed E-state index contributed by atoms with van der Waals surface area (Å²) in [5, 5.41) is 12.9. The maximum Gasteiger partial charge on any atom is 0.130 e. The SMILES string of the molecule is Cc1nc(CC(O)c2c(F)cccc2Br)cs1. The minimum absolute atomic E-state index is 0.290. The molecule has 0 bridgehead atoms. The molecule has 0 spiro atoms. The number of nitrogens with zero attached hydrogens (tertiary/aromatic N) is 1. The third kappa shape index (κ3) is 2.91. The van der Waals surface area contributed by atoms with Crippen molar-refractivity contribution in [2.75, 3.05) is 0 Å². The molecule has 0 aliphatic heterocycles. The van der Waals surface area contributed by atoms with Crippen LogP contribution in [0.4, 0.5) is 4.39 Å². The smallest absolute Gasteiger partial charge is 0.130 e. The number of halogens is 2. The Bertz CT molecular complexity index is 509. The molecule has 90 valence electrons. The van der Waals surface area contributed by atoms with Gasteiger partial charge < -0.3 is 5.11 Å². The second kappa shape index (κ2) is 5.25. The zero-order valence-corrected chi connectivity index (χ0v) is 11.6. The summed E-state index contributed by atoms with van der Waals surface area (Å²) in [6.07, 6.45) is -0.559. The molecular formula is C12H11BrFNOS. The molecule has 2 aromatic rings. The van der Waals surface area contributed by atoms with Gasteiger partial charge in [-0.05, 0) is 19.1 Å². The van der Waals surface area contributed by atoms with Gasteiger partial charge in [-0.1, -0.05) is 22.0 Å². The molecule has 2 nitrogen and oxygen atoms in total. The van der Waals surface area contributed by atoms with Gasteiger partial charge in [0.25, 0.3) is 0 Å². The number of hydrogen-bond acceptors (Lipinski definition) is 3. The molecule has 1 heterocycles. The number of rotatable bonds is 3. The Labute approximate surface area is 111 Å². The van der Waals surface area contributed by atoms with Crippen LogP contribution in [-0.2, 0) is 6.42 Å². The maximum absolute atomic E-state index is 13.6. The summed E-state index contributed by atoms with van der Waals surface area (Å²) in [5.41, 5.74) is 1.08. The van der Waals surface area contributed by atoms with Gasteiger partial charge in [0, 0.05) is 21.8 Å². The lowest BCUT2D eigenvalue weighted by molar-refractivity contribution is 0.171. The van der Waals surface area contributed by atoms with Crippen LogP contribution < -0.4 is 0 Å². The molecule has 1 aromatic carbocycles. The molecule has 2 rings (SSSR count). The Balaban J connectivity index is 2.22. The van der Waals surface area contributed by atoms with Crippen molar-refractivity contribution in [1.82, 2.24) is 4.98 Å². The Hall–Kier alpha value is -0.780. The zero-order chi connectivity index (χ0) is 12.4. The van der Waals surface area contributed by atoms with E-state index in [1.807, 2.05) is 12.3 Å². The molecule has 0 saturated carbocycles. The first-order chi connectivity index (χ1) is 8.08. The van der Waals surface area contributed by atoms with Gasteiger partial charge in [0.05, 0.1) is 16.8 Å². The van der Waals surface area contributed by atoms with Crippen molar-refractivity contribution >= 4 is 27.3 Å². The second-order valence-corrected chi connectivity index (χ2v) is 5.63. The fourth-order valence-corrected chi connectivity index (χ4v) is 2.86. The first-order valence-electron chi connectivity index (χ1n) is 5.11. The van der Waals surface area contributed by atoms with E-state index >= 15 is 0 Å². The number of hydrogen-bond donors (Lipinski definition) is 1. The van der Waals surface area contributed by atoms with Crippen LogP contribution in [0.3, 0.4) is 0 Å². The van der Waals surface area contributed by atoms with Gasteiger partial charge in [0.15, 0.2) is 0 Å². The quantitative estimate of drug-likeness (QED) is 0.938. The third-order valence-corrected chi connectivity index (χ3v) is 3.92. The van der Waals surface area contributed by atoms with Crippen LogP contribution >= 0.6 is 27.3 Å². The lowest BCUT2D eigenvalue weighted by atomic mass is 10.0. The van der Waals surface area contributed by atoms with Gasteiger partial charge in [0.1, 0.15) is 5.82 Å². The first kappa shape index (κ1) is 12.7. The van der Waals surface area contributed by atoms with Gasteiger partial charge in [-0.15, -0.1) is 11.3 Å². The van der Waals surface area contributed by atoms with E-state index in [2.05, 4.69) is 20.9 Å². The summed E-state index contributed by atoms with van der Waals surface area (Å²) in [6, 6.07) is 4.66. The van der Waals surface area contributed by atoms with Crippen molar-refractivity contribution in [2.24, 2.45) is 0 Å². The van der Waals surface area contributed by atoms with Crippen LogP contribution in [0.15, 0.2) is 28.1 Å². The second-order valence-electron chi connectivity index (χ2n) is 3.71. The summed E-state index contributed by atoms with van der Waals surface area (Å²) in [7, 11) is 0. The summed E-state index contributed by atoms with van der Waals surface area (Å²) in [5.74, 6) is -0.404. The summed E-state index contributed by atoms with van der Waals surface area (Å²) < 4.78 is 14.2. The van der Waals surface area contributed by atoms with E-state index in [-0.39, 0.29) is 5.56 Å². The highest BCUT2D eigenvalue weighted by Crippen LogP contribution is 2.28. The fraction of sp³-hybridized carbons (Fsp3) is 0.250. The standard InChI is InChI=1S/C12H11BrFNOS/c1-7-15-8(6-17-7)5-11(16)12-9(13)3-2-4-10(12)14/h2-4,6,11,16H,5H2,1H3. The molecule has 0 aliphatic carbocycles. The van der Waals surface area contributed by atoms with Crippen LogP contribution in [0.5, 0.6) is 0 Å². The van der Waals surface area contributed by atoms with Crippen LogP contribution in [0.2, 0.25) is 0 Å². The van der Waals surface area contributed by atoms with Crippen LogP contribution in [0, 0.1) is 12.7 Å².